The van der Waals surface area contributed by atoms with Gasteiger partial charge in [0.05, 0.1) is 3.96 Å². The molecule has 0 saturated heterocycles. The van der Waals surface area contributed by atoms with E-state index in [1.807, 2.05) is 23.5 Å². The average Bonchev–Trinajstić information content (AvgIpc) is 2.01. The highest BCUT2D eigenvalue weighted by molar-refractivity contribution is 8.43. The van der Waals surface area contributed by atoms with Crippen molar-refractivity contribution in [3.05, 3.63) is 0 Å². The molecule has 0 aliphatic heterocycles. The third-order valence-electron chi connectivity index (χ3n) is 1.80. The lowest BCUT2D eigenvalue weighted by molar-refractivity contribution is 0.999. The molecule has 6 heteroatoms. The summed E-state index contributed by atoms with van der Waals surface area (Å²) in [6.45, 7) is 14.7. The Labute approximate surface area is 108 Å². The Morgan fingerprint density at radius 2 is 1.20 bits per heavy atom. The second kappa shape index (κ2) is 6.27. The number of hydrogen-bond acceptors (Lipinski definition) is 3. The van der Waals surface area contributed by atoms with Crippen LogP contribution in [0.5, 0.6) is 0 Å². The predicted molar refractivity (Wildman–Crippen MR) is 87.5 cm³/mol. The van der Waals surface area contributed by atoms with Crippen molar-refractivity contribution in [1.29, 1.82) is 0 Å². The molecule has 0 aliphatic rings. The maximum absolute atomic E-state index is 2.81. The second-order valence-electron chi connectivity index (χ2n) is 5.43. The summed E-state index contributed by atoms with van der Waals surface area (Å²) in [4.78, 5) is 0. The van der Waals surface area contributed by atoms with Gasteiger partial charge in [0.2, 0.25) is 0 Å². The van der Waals surface area contributed by atoms with Gasteiger partial charge in [-0.05, 0) is 20.9 Å². The van der Waals surface area contributed by atoms with Gasteiger partial charge in [-0.3, -0.25) is 4.00 Å². The maximum atomic E-state index is 2.81. The molecule has 0 saturated carbocycles. The van der Waals surface area contributed by atoms with Crippen molar-refractivity contribution in [3.8, 4) is 0 Å². The van der Waals surface area contributed by atoms with Gasteiger partial charge in [0, 0.05) is 0 Å². The van der Waals surface area contributed by atoms with Crippen LogP contribution in [0.25, 0.3) is 0 Å². The quantitative estimate of drug-likeness (QED) is 0.538. The topological polar surface area (TPSA) is 3.24 Å². The molecule has 0 spiro atoms. The smallest absolute Gasteiger partial charge is 0.121 e. The van der Waals surface area contributed by atoms with Gasteiger partial charge in [-0.1, -0.05) is 39.3 Å². The minimum absolute atomic E-state index is 1.18. The molecule has 0 aliphatic carbocycles. The van der Waals surface area contributed by atoms with Crippen molar-refractivity contribution in [2.75, 3.05) is 12.5 Å². The van der Waals surface area contributed by atoms with Crippen LogP contribution in [0.2, 0.25) is 39.3 Å². The Morgan fingerprint density at radius 1 is 0.867 bits per heavy atom. The monoisotopic (exact) mass is 297 g/mol. The van der Waals surface area contributed by atoms with E-state index in [1.54, 1.807) is 0 Å². The van der Waals surface area contributed by atoms with E-state index in [2.05, 4.69) is 55.8 Å². The molecule has 0 radical (unpaired) electrons. The first-order valence-electron chi connectivity index (χ1n) is 5.10. The van der Waals surface area contributed by atoms with Crippen LogP contribution in [0.15, 0.2) is 0 Å². The van der Waals surface area contributed by atoms with Crippen LogP contribution in [0, 0.1) is 0 Å². The van der Waals surface area contributed by atoms with Crippen LogP contribution >= 0.6 is 31.9 Å². The molecule has 0 rings (SSSR count). The van der Waals surface area contributed by atoms with E-state index in [9.17, 15) is 0 Å². The number of nitrogens with zero attached hydrogens (tertiary/aromatic N) is 1. The molecular weight excluding hydrogens is 273 g/mol. The van der Waals surface area contributed by atoms with Gasteiger partial charge < -0.3 is 0 Å². The van der Waals surface area contributed by atoms with Gasteiger partial charge in [0.15, 0.2) is 0 Å². The summed E-state index contributed by atoms with van der Waals surface area (Å²) in [6.07, 6.45) is 4.37. The van der Waals surface area contributed by atoms with Gasteiger partial charge in [-0.15, -0.1) is 23.5 Å². The van der Waals surface area contributed by atoms with Crippen molar-refractivity contribution < 1.29 is 0 Å². The minimum Gasteiger partial charge on any atom is -0.298 e. The summed E-state index contributed by atoms with van der Waals surface area (Å²) in [6, 6.07) is 0. The van der Waals surface area contributed by atoms with E-state index in [0.29, 0.717) is 0 Å². The minimum atomic E-state index is -1.18. The highest BCUT2D eigenvalue weighted by Gasteiger charge is 2.33. The van der Waals surface area contributed by atoms with E-state index in [4.69, 9.17) is 0 Å². The molecule has 0 heterocycles. The summed E-state index contributed by atoms with van der Waals surface area (Å²) < 4.78 is 4.34. The molecule has 90 valence electrons. The van der Waals surface area contributed by atoms with Crippen molar-refractivity contribution >= 4 is 52.3 Å². The molecular formula is C9H24NPS2Si2. The predicted octanol–water partition coefficient (Wildman–Crippen LogP) is 4.63. The molecule has 0 N–H and O–H groups in total. The molecule has 0 aromatic rings. The van der Waals surface area contributed by atoms with Crippen molar-refractivity contribution in [1.82, 2.24) is 4.00 Å². The molecule has 0 atom stereocenters. The molecule has 1 nitrogen and oxygen atoms in total. The third kappa shape index (κ3) is 5.94. The fourth-order valence-electron chi connectivity index (χ4n) is 1.55. The molecule has 15 heavy (non-hydrogen) atoms. The number of hydrogen-bond donors (Lipinski definition) is 0. The fourth-order valence-corrected chi connectivity index (χ4v) is 15.4. The summed E-state index contributed by atoms with van der Waals surface area (Å²) in [5.41, 5.74) is 0. The van der Waals surface area contributed by atoms with Crippen molar-refractivity contribution in [2.24, 2.45) is 0 Å². The first kappa shape index (κ1) is 16.3. The van der Waals surface area contributed by atoms with Crippen LogP contribution in [0.1, 0.15) is 0 Å². The molecule has 0 fully saturated rings. The molecule has 0 aromatic carbocycles. The zero-order valence-electron chi connectivity index (χ0n) is 11.2. The SMILES string of the molecule is CSC(=PN([Si](C)(C)C)[Si](C)(C)C)SC. The van der Waals surface area contributed by atoms with Gasteiger partial charge >= 0.3 is 0 Å². The lowest BCUT2D eigenvalue weighted by atomic mass is 11.8. The van der Waals surface area contributed by atoms with E-state index in [0.717, 1.165) is 0 Å². The highest BCUT2D eigenvalue weighted by Crippen LogP contribution is 2.32. The van der Waals surface area contributed by atoms with Gasteiger partial charge in [-0.2, -0.15) is 0 Å². The average molecular weight is 298 g/mol. The first-order valence-corrected chi connectivity index (χ1v) is 15.3. The van der Waals surface area contributed by atoms with Crippen LogP contribution in [-0.4, -0.2) is 36.9 Å². The van der Waals surface area contributed by atoms with Crippen LogP contribution in [0.3, 0.4) is 0 Å². The Kier molecular flexibility index (Phi) is 6.79. The standard InChI is InChI=1S/C9H24NPS2Si2/c1-12-9(13-2)11-10(14(3,4)5)15(6,7)8/h1-8H3. The zero-order chi connectivity index (χ0) is 12.3. The summed E-state index contributed by atoms with van der Waals surface area (Å²) in [7, 11) is -0.904. The van der Waals surface area contributed by atoms with Gasteiger partial charge in [-0.25, -0.2) is 0 Å². The van der Waals surface area contributed by atoms with Crippen LogP contribution < -0.4 is 0 Å². The Hall–Kier alpha value is 1.26. The van der Waals surface area contributed by atoms with Crippen molar-refractivity contribution in [2.45, 2.75) is 39.3 Å². The normalized spacial score (nSPS) is 13.7. The second-order valence-corrected chi connectivity index (χ2v) is 19.7. The number of thioether (sulfide) groups is 2. The van der Waals surface area contributed by atoms with E-state index >= 15 is 0 Å². The van der Waals surface area contributed by atoms with Gasteiger partial charge in [0.25, 0.3) is 0 Å². The highest BCUT2D eigenvalue weighted by atomic mass is 32.2. The lowest BCUT2D eigenvalue weighted by Crippen LogP contribution is -2.53. The summed E-state index contributed by atoms with van der Waals surface area (Å²) in [5.74, 6) is 0. The Bertz CT molecular complexity index is 213. The fraction of sp³-hybridized carbons (Fsp3) is 0.889. The van der Waals surface area contributed by atoms with Crippen molar-refractivity contribution in [3.63, 3.8) is 0 Å². The summed E-state index contributed by atoms with van der Waals surface area (Å²) >= 11 is 3.80. The van der Waals surface area contributed by atoms with E-state index in [-0.39, 0.29) is 0 Å². The summed E-state index contributed by atoms with van der Waals surface area (Å²) in [5, 5.41) is 0. The largest absolute Gasteiger partial charge is 0.298 e. The molecule has 0 aromatic heterocycles. The van der Waals surface area contributed by atoms with Crippen LogP contribution in [0.4, 0.5) is 0 Å². The van der Waals surface area contributed by atoms with E-state index in [1.165, 1.54) is 12.3 Å². The third-order valence-corrected chi connectivity index (χ3v) is 16.2. The maximum Gasteiger partial charge on any atom is 0.121 e. The molecule has 0 unspecified atom stereocenters. The molecule has 0 amide bonds. The lowest BCUT2D eigenvalue weighted by Gasteiger charge is -2.40. The zero-order valence-corrected chi connectivity index (χ0v) is 15.7. The van der Waals surface area contributed by atoms with E-state index < -0.39 is 16.5 Å². The first-order chi connectivity index (χ1) is 6.62. The van der Waals surface area contributed by atoms with Crippen LogP contribution in [-0.2, 0) is 0 Å². The Morgan fingerprint density at radius 3 is 1.40 bits per heavy atom. The molecule has 0 bridgehead atoms. The van der Waals surface area contributed by atoms with Gasteiger partial charge in [0.1, 0.15) is 16.5 Å². The number of rotatable bonds is 5. The Balaban J connectivity index is 5.06.